The number of thiophene rings is 1. The predicted octanol–water partition coefficient (Wildman–Crippen LogP) is 2.52. The lowest BCUT2D eigenvalue weighted by atomic mass is 10.1. The van der Waals surface area contributed by atoms with Crippen LogP contribution in [0.4, 0.5) is 0 Å². The van der Waals surface area contributed by atoms with Crippen LogP contribution in [0, 0.1) is 0 Å². The zero-order valence-corrected chi connectivity index (χ0v) is 15.1. The van der Waals surface area contributed by atoms with E-state index in [1.807, 2.05) is 41.8 Å². The van der Waals surface area contributed by atoms with Gasteiger partial charge in [-0.2, -0.15) is 0 Å². The van der Waals surface area contributed by atoms with Gasteiger partial charge in [0.05, 0.1) is 11.1 Å². The number of benzene rings is 1. The van der Waals surface area contributed by atoms with Crippen molar-refractivity contribution in [3.05, 3.63) is 46.7 Å². The third-order valence-electron chi connectivity index (χ3n) is 4.16. The molecule has 1 aromatic heterocycles. The summed E-state index contributed by atoms with van der Waals surface area (Å²) in [5.41, 5.74) is 1.96. The zero-order valence-electron chi connectivity index (χ0n) is 13.5. The molecule has 7 heteroatoms. The molecule has 0 saturated carbocycles. The highest BCUT2D eigenvalue weighted by molar-refractivity contribution is 7.88. The lowest BCUT2D eigenvalue weighted by Crippen LogP contribution is -2.36. The molecule has 1 aliphatic heterocycles. The Balaban J connectivity index is 1.80. The van der Waals surface area contributed by atoms with Crippen molar-refractivity contribution >= 4 is 27.3 Å². The van der Waals surface area contributed by atoms with Gasteiger partial charge in [0.25, 0.3) is 5.91 Å². The molecule has 1 amide bonds. The number of rotatable bonds is 3. The number of sulfonamides is 1. The van der Waals surface area contributed by atoms with Crippen molar-refractivity contribution < 1.29 is 13.2 Å². The fourth-order valence-electron chi connectivity index (χ4n) is 2.89. The third kappa shape index (κ3) is 3.68. The molecule has 1 aromatic carbocycles. The topological polar surface area (TPSA) is 57.7 Å². The monoisotopic (exact) mass is 364 g/mol. The molecule has 0 unspecified atom stereocenters. The normalized spacial score (nSPS) is 16.8. The maximum absolute atomic E-state index is 12.9. The number of carbonyl (C=O) groups excluding carboxylic acids is 1. The van der Waals surface area contributed by atoms with Crippen LogP contribution >= 0.6 is 11.3 Å². The van der Waals surface area contributed by atoms with Crippen LogP contribution in [-0.4, -0.2) is 56.0 Å². The molecule has 1 aliphatic rings. The van der Waals surface area contributed by atoms with Crippen molar-refractivity contribution in [2.45, 2.75) is 6.42 Å². The maximum atomic E-state index is 12.9. The van der Waals surface area contributed by atoms with Crippen molar-refractivity contribution in [2.24, 2.45) is 0 Å². The van der Waals surface area contributed by atoms with Gasteiger partial charge < -0.3 is 4.90 Å². The highest BCUT2D eigenvalue weighted by Gasteiger charge is 2.26. The largest absolute Gasteiger partial charge is 0.337 e. The second-order valence-corrected chi connectivity index (χ2v) is 8.74. The van der Waals surface area contributed by atoms with Crippen molar-refractivity contribution in [1.82, 2.24) is 9.21 Å². The first kappa shape index (κ1) is 17.1. The van der Waals surface area contributed by atoms with Crippen LogP contribution in [0.1, 0.15) is 16.1 Å². The van der Waals surface area contributed by atoms with Gasteiger partial charge in [0.15, 0.2) is 0 Å². The van der Waals surface area contributed by atoms with Gasteiger partial charge in [0.1, 0.15) is 0 Å². The van der Waals surface area contributed by atoms with Crippen LogP contribution in [0.2, 0.25) is 0 Å². The second-order valence-electron chi connectivity index (χ2n) is 5.84. The molecule has 1 fully saturated rings. The molecule has 128 valence electrons. The van der Waals surface area contributed by atoms with E-state index in [2.05, 4.69) is 0 Å². The van der Waals surface area contributed by atoms with Gasteiger partial charge in [0, 0.05) is 31.7 Å². The molecular weight excluding hydrogens is 344 g/mol. The number of hydrogen-bond donors (Lipinski definition) is 0. The smallest absolute Gasteiger partial charge is 0.264 e. The fourth-order valence-corrected chi connectivity index (χ4v) is 4.65. The van der Waals surface area contributed by atoms with Crippen molar-refractivity contribution in [3.63, 3.8) is 0 Å². The van der Waals surface area contributed by atoms with Gasteiger partial charge in [0.2, 0.25) is 10.0 Å². The lowest BCUT2D eigenvalue weighted by molar-refractivity contribution is 0.0770. The van der Waals surface area contributed by atoms with Crippen molar-refractivity contribution in [1.29, 1.82) is 0 Å². The van der Waals surface area contributed by atoms with E-state index in [4.69, 9.17) is 0 Å². The summed E-state index contributed by atoms with van der Waals surface area (Å²) in [7, 11) is -3.21. The first-order valence-corrected chi connectivity index (χ1v) is 10.6. The van der Waals surface area contributed by atoms with Gasteiger partial charge >= 0.3 is 0 Å². The lowest BCUT2D eigenvalue weighted by Gasteiger charge is -2.21. The van der Waals surface area contributed by atoms with Crippen molar-refractivity contribution in [2.75, 3.05) is 32.4 Å². The first-order valence-electron chi connectivity index (χ1n) is 7.84. The Morgan fingerprint density at radius 1 is 1.04 bits per heavy atom. The quantitative estimate of drug-likeness (QED) is 0.841. The van der Waals surface area contributed by atoms with Crippen LogP contribution in [-0.2, 0) is 10.0 Å². The molecule has 2 heterocycles. The number of carbonyl (C=O) groups is 1. The van der Waals surface area contributed by atoms with Crippen LogP contribution in [0.25, 0.3) is 11.1 Å². The van der Waals surface area contributed by atoms with E-state index < -0.39 is 10.0 Å². The molecular formula is C17H20N2O3S2. The average Bonchev–Trinajstić information content (AvgIpc) is 2.90. The number of hydrogen-bond acceptors (Lipinski definition) is 4. The molecule has 0 radical (unpaired) electrons. The maximum Gasteiger partial charge on any atom is 0.264 e. The van der Waals surface area contributed by atoms with Crippen molar-refractivity contribution in [3.8, 4) is 11.1 Å². The molecule has 24 heavy (non-hydrogen) atoms. The highest BCUT2D eigenvalue weighted by Crippen LogP contribution is 2.29. The van der Waals surface area contributed by atoms with Gasteiger partial charge in [-0.3, -0.25) is 4.79 Å². The molecule has 3 rings (SSSR count). The molecule has 0 aliphatic carbocycles. The summed E-state index contributed by atoms with van der Waals surface area (Å²) in [5, 5.41) is 1.93. The Hall–Kier alpha value is -1.70. The first-order chi connectivity index (χ1) is 11.5. The van der Waals surface area contributed by atoms with Gasteiger partial charge in [-0.25, -0.2) is 12.7 Å². The minimum atomic E-state index is -3.21. The highest BCUT2D eigenvalue weighted by atomic mass is 32.2. The van der Waals surface area contributed by atoms with Crippen LogP contribution in [0.5, 0.6) is 0 Å². The Bertz CT molecular complexity index is 815. The average molecular weight is 364 g/mol. The summed E-state index contributed by atoms with van der Waals surface area (Å²) in [5.74, 6) is -0.0146. The summed E-state index contributed by atoms with van der Waals surface area (Å²) in [4.78, 5) is 15.4. The van der Waals surface area contributed by atoms with E-state index in [9.17, 15) is 13.2 Å². The summed E-state index contributed by atoms with van der Waals surface area (Å²) in [6.45, 7) is 1.84. The molecule has 0 bridgehead atoms. The molecule has 5 nitrogen and oxygen atoms in total. The van der Waals surface area contributed by atoms with Gasteiger partial charge in [-0.1, -0.05) is 30.3 Å². The van der Waals surface area contributed by atoms with E-state index >= 15 is 0 Å². The van der Waals surface area contributed by atoms with E-state index in [0.717, 1.165) is 11.1 Å². The Labute approximate surface area is 146 Å². The standard InChI is InChI=1S/C17H20N2O3S2/c1-24(21,22)19-10-5-9-18(11-12-19)17(20)16-15(8-13-23-16)14-6-3-2-4-7-14/h2-4,6-8,13H,5,9-12H2,1H3. The van der Waals surface area contributed by atoms with E-state index in [1.165, 1.54) is 21.9 Å². The minimum Gasteiger partial charge on any atom is -0.337 e. The van der Waals surface area contributed by atoms with Crippen LogP contribution < -0.4 is 0 Å². The van der Waals surface area contributed by atoms with Gasteiger partial charge in [-0.05, 0) is 23.4 Å². The minimum absolute atomic E-state index is 0.0146. The summed E-state index contributed by atoms with van der Waals surface area (Å²) in [6.07, 6.45) is 1.88. The Kier molecular flexibility index (Phi) is 5.03. The third-order valence-corrected chi connectivity index (χ3v) is 6.36. The Morgan fingerprint density at radius 3 is 2.50 bits per heavy atom. The molecule has 2 aromatic rings. The SMILES string of the molecule is CS(=O)(=O)N1CCCN(C(=O)c2sccc2-c2ccccc2)CC1. The molecule has 0 spiro atoms. The van der Waals surface area contributed by atoms with Crippen LogP contribution in [0.15, 0.2) is 41.8 Å². The summed E-state index contributed by atoms with van der Waals surface area (Å²) < 4.78 is 24.9. The molecule has 1 saturated heterocycles. The van der Waals surface area contributed by atoms with E-state index in [-0.39, 0.29) is 5.91 Å². The zero-order chi connectivity index (χ0) is 17.2. The van der Waals surface area contributed by atoms with E-state index in [1.54, 1.807) is 4.90 Å². The predicted molar refractivity (Wildman–Crippen MR) is 96.7 cm³/mol. The fraction of sp³-hybridized carbons (Fsp3) is 0.353. The summed E-state index contributed by atoms with van der Waals surface area (Å²) >= 11 is 1.44. The Morgan fingerprint density at radius 2 is 1.79 bits per heavy atom. The number of amides is 1. The van der Waals surface area contributed by atoms with Crippen LogP contribution in [0.3, 0.4) is 0 Å². The van der Waals surface area contributed by atoms with E-state index in [0.29, 0.717) is 37.5 Å². The number of nitrogens with zero attached hydrogens (tertiary/aromatic N) is 2. The molecule has 0 atom stereocenters. The second kappa shape index (κ2) is 7.04. The summed E-state index contributed by atoms with van der Waals surface area (Å²) in [6, 6.07) is 11.8. The van der Waals surface area contributed by atoms with Gasteiger partial charge in [-0.15, -0.1) is 11.3 Å². The molecule has 0 N–H and O–H groups in total.